The maximum Gasteiger partial charge on any atom is 0.397 e. The number of fused-ring (bicyclic) bond motifs is 1. The molecule has 0 bridgehead atoms. The van der Waals surface area contributed by atoms with E-state index in [-0.39, 0.29) is 0 Å². The van der Waals surface area contributed by atoms with Gasteiger partial charge in [0.2, 0.25) is 0 Å². The summed E-state index contributed by atoms with van der Waals surface area (Å²) in [5.41, 5.74) is 1.55. The lowest BCUT2D eigenvalue weighted by molar-refractivity contribution is 0.282. The van der Waals surface area contributed by atoms with E-state index in [2.05, 4.69) is 28.8 Å². The number of anilines is 1. The fourth-order valence-corrected chi connectivity index (χ4v) is 10.4. The van der Waals surface area contributed by atoms with Crippen LogP contribution in [0.15, 0.2) is 87.4 Å². The molecule has 0 saturated carbocycles. The number of hydrogen-bond acceptors (Lipinski definition) is 24. The lowest BCUT2D eigenvalue weighted by atomic mass is 10.1. The lowest BCUT2D eigenvalue weighted by Gasteiger charge is -2.15. The number of rotatable bonds is 19. The third kappa shape index (κ3) is 12.4. The van der Waals surface area contributed by atoms with Gasteiger partial charge >= 0.3 is 20.8 Å². The molecule has 0 amide bonds. The van der Waals surface area contributed by atoms with Crippen LogP contribution in [0.3, 0.4) is 0 Å². The van der Waals surface area contributed by atoms with Gasteiger partial charge in [0, 0.05) is 12.1 Å². The zero-order valence-electron chi connectivity index (χ0n) is 31.6. The van der Waals surface area contributed by atoms with Gasteiger partial charge in [0.25, 0.3) is 30.4 Å². The van der Waals surface area contributed by atoms with Gasteiger partial charge in [-0.25, -0.2) is 25.2 Å². The first-order valence-corrected chi connectivity index (χ1v) is 26.4. The number of nitrogens with two attached hydrogens (primary N) is 1. The Morgan fingerprint density at radius 3 is 1.48 bits per heavy atom. The molecule has 64 heavy (non-hydrogen) atoms. The summed E-state index contributed by atoms with van der Waals surface area (Å²) in [6.45, 7) is -2.19. The monoisotopic (exact) mass is 1040 g/mol. The Labute approximate surface area is 362 Å². The van der Waals surface area contributed by atoms with Crippen molar-refractivity contribution in [1.29, 1.82) is 0 Å². The fourth-order valence-electron chi connectivity index (χ4n) is 5.19. The molecule has 4 aromatic carbocycles. The number of methoxy groups -OCH3 is 2. The average molecular weight is 1040 g/mol. The van der Waals surface area contributed by atoms with Crippen LogP contribution in [0.5, 0.6) is 17.2 Å². The van der Waals surface area contributed by atoms with Crippen molar-refractivity contribution < 1.29 is 105 Å². The minimum Gasteiger partial charge on any atom is -0.505 e. The average Bonchev–Trinajstić information content (AvgIpc) is 3.13. The summed E-state index contributed by atoms with van der Waals surface area (Å²) in [6, 6.07) is 4.17. The van der Waals surface area contributed by atoms with Crippen molar-refractivity contribution in [2.24, 2.45) is 20.5 Å². The van der Waals surface area contributed by atoms with Gasteiger partial charge < -0.3 is 20.3 Å². The molecule has 0 aliphatic heterocycles. The zero-order valence-corrected chi connectivity index (χ0v) is 37.3. The SMILES string of the molecule is COc1cc(S(=O)(=O)CCOS(=O)(=O)O)c(OC)cc1/N=N/c1c(S(=O)(=O)O)cc2cc(S(=O)(=O)O)c(/N=N/c3ccc(S(=O)(=O)CCOS(=O)(=O)O)cc3S(=O)(=O)O)c(O)c2c1N. The Balaban J connectivity index is 1.94. The predicted octanol–water partition coefficient (Wildman–Crippen LogP) is 1.90. The van der Waals surface area contributed by atoms with E-state index in [4.69, 9.17) is 24.3 Å². The Morgan fingerprint density at radius 1 is 0.531 bits per heavy atom. The van der Waals surface area contributed by atoms with E-state index in [0.29, 0.717) is 30.3 Å². The van der Waals surface area contributed by atoms with Crippen LogP contribution in [-0.2, 0) is 79.2 Å². The molecule has 0 unspecified atom stereocenters. The van der Waals surface area contributed by atoms with E-state index in [0.717, 1.165) is 26.4 Å². The molecule has 0 heterocycles. The topological polar surface area (TPSA) is 473 Å². The maximum absolute atomic E-state index is 13.0. The fraction of sp³-hybridized carbons (Fsp3) is 0.214. The van der Waals surface area contributed by atoms with Crippen LogP contribution in [0.4, 0.5) is 28.4 Å². The second-order valence-corrected chi connectivity index (χ2v) is 22.6. The highest BCUT2D eigenvalue weighted by Gasteiger charge is 2.30. The highest BCUT2D eigenvalue weighted by molar-refractivity contribution is 7.92. The summed E-state index contributed by atoms with van der Waals surface area (Å²) in [7, 11) is -33.6. The largest absolute Gasteiger partial charge is 0.505 e. The second kappa shape index (κ2) is 18.4. The molecule has 4 rings (SSSR count). The van der Waals surface area contributed by atoms with Crippen molar-refractivity contribution in [3.8, 4) is 17.2 Å². The van der Waals surface area contributed by atoms with Crippen molar-refractivity contribution in [2.45, 2.75) is 24.5 Å². The first kappa shape index (κ1) is 51.5. The van der Waals surface area contributed by atoms with Crippen LogP contribution in [0.1, 0.15) is 0 Å². The molecule has 0 saturated heterocycles. The Bertz CT molecular complexity index is 3430. The van der Waals surface area contributed by atoms with Crippen molar-refractivity contribution in [3.05, 3.63) is 42.5 Å². The lowest BCUT2D eigenvalue weighted by Crippen LogP contribution is -2.16. The zero-order chi connectivity index (χ0) is 48.6. The van der Waals surface area contributed by atoms with Gasteiger partial charge in [-0.05, 0) is 35.7 Å². The number of phenols is 1. The number of benzene rings is 4. The van der Waals surface area contributed by atoms with Gasteiger partial charge in [-0.15, -0.1) is 20.5 Å². The predicted molar refractivity (Wildman–Crippen MR) is 213 cm³/mol. The van der Waals surface area contributed by atoms with Crippen LogP contribution in [0.25, 0.3) is 10.8 Å². The number of hydrogen-bond donors (Lipinski definition) is 7. The molecule has 0 aliphatic carbocycles. The summed E-state index contributed by atoms with van der Waals surface area (Å²) in [6.07, 6.45) is 0. The van der Waals surface area contributed by atoms with Crippen LogP contribution >= 0.6 is 0 Å². The van der Waals surface area contributed by atoms with Crippen molar-refractivity contribution in [1.82, 2.24) is 0 Å². The first-order valence-electron chi connectivity index (χ1n) is 16.1. The Morgan fingerprint density at radius 2 is 1.00 bits per heavy atom. The molecule has 0 aromatic heterocycles. The quantitative estimate of drug-likeness (QED) is 0.0400. The molecule has 8 N–H and O–H groups in total. The maximum atomic E-state index is 13.0. The van der Waals surface area contributed by atoms with Gasteiger partial charge in [-0.2, -0.15) is 42.1 Å². The van der Waals surface area contributed by atoms with E-state index < -0.39 is 176 Å². The van der Waals surface area contributed by atoms with Crippen LogP contribution in [0.2, 0.25) is 0 Å². The van der Waals surface area contributed by atoms with E-state index >= 15 is 0 Å². The standard InChI is InChI=1S/C28H29N5O24S7/c1-54-18-13-21(59(37,38)8-6-57-64(51,52)53)19(55-2)12-17(18)31-32-26-22(61(42,43)44)9-14-10-23(62(45,46)47)27(28(34)24(14)25(26)29)33-30-16-4-3-15(11-20(16)60(39,40)41)58(35,36)7-5-56-63(48,49)50/h3-4,9-13,34H,5-8,29H2,1-2H3,(H,39,40,41)(H,42,43,44)(H,45,46,47)(H,48,49,50)(H,51,52,53)/b32-31+,33-30+. The Kier molecular flexibility index (Phi) is 14.8. The Hall–Kier alpha value is -5.09. The third-order valence-electron chi connectivity index (χ3n) is 7.92. The minimum atomic E-state index is -5.54. The number of phenolic OH excluding ortho intramolecular Hbond substituents is 1. The van der Waals surface area contributed by atoms with Gasteiger partial charge in [0.15, 0.2) is 25.4 Å². The number of nitrogen functional groups attached to an aromatic ring is 1. The number of azo groups is 2. The van der Waals surface area contributed by atoms with E-state index in [1.807, 2.05) is 0 Å². The molecular weight excluding hydrogens is 1010 g/mol. The van der Waals surface area contributed by atoms with Crippen molar-refractivity contribution in [2.75, 3.05) is 44.7 Å². The highest BCUT2D eigenvalue weighted by Crippen LogP contribution is 2.49. The number of ether oxygens (including phenoxy) is 2. The molecule has 0 aliphatic rings. The third-order valence-corrected chi connectivity index (χ3v) is 14.8. The molecular formula is C28H29N5O24S7. The molecule has 0 spiro atoms. The van der Waals surface area contributed by atoms with Crippen molar-refractivity contribution >= 4 is 110 Å². The first-order chi connectivity index (χ1) is 29.1. The highest BCUT2D eigenvalue weighted by atomic mass is 32.3. The van der Waals surface area contributed by atoms with E-state index in [1.54, 1.807) is 0 Å². The normalized spacial score (nSPS) is 13.5. The molecule has 4 aromatic rings. The van der Waals surface area contributed by atoms with Crippen molar-refractivity contribution in [3.63, 3.8) is 0 Å². The van der Waals surface area contributed by atoms with Gasteiger partial charge in [-0.1, -0.05) is 0 Å². The van der Waals surface area contributed by atoms with Crippen LogP contribution in [-0.4, -0.2) is 126 Å². The number of aromatic hydroxyl groups is 1. The number of sulfone groups is 2. The minimum absolute atomic E-state index is 0.308. The number of nitrogens with zero attached hydrogens (tertiary/aromatic N) is 4. The smallest absolute Gasteiger partial charge is 0.397 e. The van der Waals surface area contributed by atoms with E-state index in [9.17, 15) is 77.7 Å². The van der Waals surface area contributed by atoms with Gasteiger partial charge in [-0.3, -0.25) is 22.8 Å². The van der Waals surface area contributed by atoms with Gasteiger partial charge in [0.1, 0.15) is 53.8 Å². The van der Waals surface area contributed by atoms with E-state index in [1.165, 1.54) is 0 Å². The molecule has 0 atom stereocenters. The summed E-state index contributed by atoms with van der Waals surface area (Å²) in [5.74, 6) is -4.49. The molecule has 29 nitrogen and oxygen atoms in total. The molecule has 352 valence electrons. The molecule has 36 heteroatoms. The summed E-state index contributed by atoms with van der Waals surface area (Å²) >= 11 is 0. The summed E-state index contributed by atoms with van der Waals surface area (Å²) in [4.78, 5) is -5.46. The second-order valence-electron chi connectivity index (χ2n) is 12.1. The van der Waals surface area contributed by atoms with Crippen LogP contribution in [0, 0.1) is 0 Å². The van der Waals surface area contributed by atoms with Crippen LogP contribution < -0.4 is 15.2 Å². The van der Waals surface area contributed by atoms with Gasteiger partial charge in [0.05, 0.1) is 54.9 Å². The molecule has 0 radical (unpaired) electrons. The summed E-state index contributed by atoms with van der Waals surface area (Å²) < 4.78 is 235. The summed E-state index contributed by atoms with van der Waals surface area (Å²) in [5, 5.41) is 24.4. The molecule has 0 fully saturated rings.